The van der Waals surface area contributed by atoms with Gasteiger partial charge < -0.3 is 9.57 Å². The van der Waals surface area contributed by atoms with Gasteiger partial charge in [-0.2, -0.15) is 0 Å². The molecule has 1 heterocycles. The zero-order valence-electron chi connectivity index (χ0n) is 15.2. The predicted molar refractivity (Wildman–Crippen MR) is 110 cm³/mol. The van der Waals surface area contributed by atoms with Crippen molar-refractivity contribution in [2.45, 2.75) is 18.6 Å². The molecule has 1 aliphatic heterocycles. The molecule has 1 atom stereocenters. The lowest BCUT2D eigenvalue weighted by atomic mass is 10.1. The van der Waals surface area contributed by atoms with Gasteiger partial charge in [-0.3, -0.25) is 14.9 Å². The van der Waals surface area contributed by atoms with E-state index in [0.29, 0.717) is 30.4 Å². The Balaban J connectivity index is 1.41. The Hall–Kier alpha value is -2.51. The average Bonchev–Trinajstić information content (AvgIpc) is 2.99. The maximum Gasteiger partial charge on any atom is 0.286 e. The quantitative estimate of drug-likeness (QED) is 0.397. The number of hydrogen-bond donors (Lipinski definition) is 1. The first-order chi connectivity index (χ1) is 13.5. The molecule has 6 nitrogen and oxygen atoms in total. The summed E-state index contributed by atoms with van der Waals surface area (Å²) in [4.78, 5) is 28.1. The summed E-state index contributed by atoms with van der Waals surface area (Å²) in [6.07, 6.45) is 0.503. The van der Waals surface area contributed by atoms with Gasteiger partial charge in [0.15, 0.2) is 6.61 Å². The minimum Gasteiger partial charge on any atom is -0.490 e. The Morgan fingerprint density at radius 3 is 2.64 bits per heavy atom. The molecule has 0 aliphatic carbocycles. The van der Waals surface area contributed by atoms with Gasteiger partial charge in [0.2, 0.25) is 5.91 Å². The first-order valence-electron chi connectivity index (χ1n) is 8.67. The highest BCUT2D eigenvalue weighted by Gasteiger charge is 2.31. The molecule has 28 heavy (non-hydrogen) atoms. The third-order valence-electron chi connectivity index (χ3n) is 4.00. The van der Waals surface area contributed by atoms with Gasteiger partial charge in [-0.1, -0.05) is 52.8 Å². The number of hydrogen-bond acceptors (Lipinski definition) is 6. The molecule has 0 saturated carbocycles. The normalized spacial score (nSPS) is 16.8. The minimum atomic E-state index is -0.367. The second-order valence-electron chi connectivity index (χ2n) is 6.10. The van der Waals surface area contributed by atoms with Crippen LogP contribution in [0.3, 0.4) is 0 Å². The molecule has 0 aromatic heterocycles. The van der Waals surface area contributed by atoms with E-state index in [1.54, 1.807) is 6.07 Å². The van der Waals surface area contributed by atoms with Crippen molar-refractivity contribution in [3.05, 3.63) is 64.7 Å². The number of imide groups is 1. The predicted octanol–water partition coefficient (Wildman–Crippen LogP) is 4.05. The molecular formula is C20H19ClN2O4S. The molecule has 0 bridgehead atoms. The van der Waals surface area contributed by atoms with Crippen molar-refractivity contribution in [1.82, 2.24) is 5.32 Å². The molecule has 1 unspecified atom stereocenters. The van der Waals surface area contributed by atoms with Gasteiger partial charge in [0.1, 0.15) is 12.4 Å². The Bertz CT molecular complexity index is 886. The summed E-state index contributed by atoms with van der Waals surface area (Å²) in [5.41, 5.74) is 2.60. The van der Waals surface area contributed by atoms with E-state index in [0.717, 1.165) is 28.6 Å². The van der Waals surface area contributed by atoms with Gasteiger partial charge in [0, 0.05) is 10.6 Å². The van der Waals surface area contributed by atoms with Crippen molar-refractivity contribution in [2.75, 3.05) is 13.2 Å². The summed E-state index contributed by atoms with van der Waals surface area (Å²) in [6, 6.07) is 14.8. The van der Waals surface area contributed by atoms with E-state index in [1.165, 1.54) is 0 Å². The van der Waals surface area contributed by atoms with Gasteiger partial charge in [-0.25, -0.2) is 0 Å². The number of thioether (sulfide) groups is 1. The lowest BCUT2D eigenvalue weighted by molar-refractivity contribution is -0.118. The van der Waals surface area contributed by atoms with Crippen LogP contribution < -0.4 is 10.1 Å². The fourth-order valence-electron chi connectivity index (χ4n) is 2.57. The van der Waals surface area contributed by atoms with Gasteiger partial charge in [0.05, 0.1) is 11.0 Å². The van der Waals surface area contributed by atoms with Crippen LogP contribution in [0, 0.1) is 0 Å². The van der Waals surface area contributed by atoms with Gasteiger partial charge >= 0.3 is 0 Å². The van der Waals surface area contributed by atoms with Crippen molar-refractivity contribution in [3.8, 4) is 5.75 Å². The number of rotatable bonds is 8. The Morgan fingerprint density at radius 2 is 1.96 bits per heavy atom. The molecular weight excluding hydrogens is 400 g/mol. The highest BCUT2D eigenvalue weighted by atomic mass is 35.5. The summed E-state index contributed by atoms with van der Waals surface area (Å²) in [5.74, 6) is 0.462. The van der Waals surface area contributed by atoms with Crippen LogP contribution in [0.15, 0.2) is 53.7 Å². The lowest BCUT2D eigenvalue weighted by Gasteiger charge is -2.08. The van der Waals surface area contributed by atoms with Crippen LogP contribution in [-0.2, 0) is 16.1 Å². The molecule has 2 amide bonds. The second kappa shape index (κ2) is 9.61. The molecule has 1 fully saturated rings. The zero-order valence-corrected chi connectivity index (χ0v) is 16.8. The highest BCUT2D eigenvalue weighted by Crippen LogP contribution is 2.23. The number of carbonyl (C=O) groups excluding carboxylic acids is 2. The number of benzene rings is 2. The van der Waals surface area contributed by atoms with E-state index in [4.69, 9.17) is 21.2 Å². The number of nitrogens with zero attached hydrogens (tertiary/aromatic N) is 1. The van der Waals surface area contributed by atoms with Crippen LogP contribution in [0.25, 0.3) is 0 Å². The standard InChI is InChI=1S/C20H19ClN2O4S/c1-13(15-3-2-4-16(21)12-15)23-27-10-9-26-17-7-5-14(6-8-17)11-18-19(24)22-20(25)28-18/h2-8,12,18H,9-11H2,1H3,(H,22,24,25). The van der Waals surface area contributed by atoms with E-state index >= 15 is 0 Å². The highest BCUT2D eigenvalue weighted by molar-refractivity contribution is 8.15. The van der Waals surface area contributed by atoms with Crippen molar-refractivity contribution in [2.24, 2.45) is 5.16 Å². The van der Waals surface area contributed by atoms with Crippen molar-refractivity contribution in [1.29, 1.82) is 0 Å². The maximum atomic E-state index is 11.6. The minimum absolute atomic E-state index is 0.235. The number of carbonyl (C=O) groups is 2. The second-order valence-corrected chi connectivity index (χ2v) is 7.71. The van der Waals surface area contributed by atoms with Crippen LogP contribution in [0.1, 0.15) is 18.1 Å². The van der Waals surface area contributed by atoms with Gasteiger partial charge in [0.25, 0.3) is 5.24 Å². The summed E-state index contributed by atoms with van der Waals surface area (Å²) in [6.45, 7) is 2.50. The Labute approximate surface area is 172 Å². The number of halogens is 1. The number of oxime groups is 1. The molecule has 0 spiro atoms. The largest absolute Gasteiger partial charge is 0.490 e. The molecule has 1 aliphatic rings. The molecule has 3 rings (SSSR count). The molecule has 2 aromatic carbocycles. The SMILES string of the molecule is CC(=NOCCOc1ccc(CC2SC(=O)NC2=O)cc1)c1cccc(Cl)c1. The summed E-state index contributed by atoms with van der Waals surface area (Å²) < 4.78 is 5.62. The Morgan fingerprint density at radius 1 is 1.18 bits per heavy atom. The van der Waals surface area contributed by atoms with Gasteiger partial charge in [-0.05, 0) is 43.2 Å². The van der Waals surface area contributed by atoms with E-state index in [-0.39, 0.29) is 16.4 Å². The Kier molecular flexibility index (Phi) is 6.95. The molecule has 146 valence electrons. The molecule has 0 radical (unpaired) electrons. The average molecular weight is 419 g/mol. The summed E-state index contributed by atoms with van der Waals surface area (Å²) in [5, 5.41) is 6.34. The van der Waals surface area contributed by atoms with Crippen LogP contribution in [0.4, 0.5) is 4.79 Å². The first-order valence-corrected chi connectivity index (χ1v) is 9.93. The lowest BCUT2D eigenvalue weighted by Crippen LogP contribution is -2.25. The van der Waals surface area contributed by atoms with Crippen molar-refractivity contribution >= 4 is 40.2 Å². The molecule has 1 N–H and O–H groups in total. The molecule has 2 aromatic rings. The van der Waals surface area contributed by atoms with Gasteiger partial charge in [-0.15, -0.1) is 0 Å². The fourth-order valence-corrected chi connectivity index (χ4v) is 3.62. The smallest absolute Gasteiger partial charge is 0.286 e. The van der Waals surface area contributed by atoms with E-state index in [9.17, 15) is 9.59 Å². The summed E-state index contributed by atoms with van der Waals surface area (Å²) in [7, 11) is 0. The zero-order chi connectivity index (χ0) is 19.9. The molecule has 8 heteroatoms. The number of ether oxygens (including phenoxy) is 1. The van der Waals surface area contributed by atoms with E-state index in [1.807, 2.05) is 49.4 Å². The van der Waals surface area contributed by atoms with Crippen LogP contribution in [0.2, 0.25) is 5.02 Å². The van der Waals surface area contributed by atoms with Crippen molar-refractivity contribution in [3.63, 3.8) is 0 Å². The van der Waals surface area contributed by atoms with E-state index < -0.39 is 0 Å². The maximum absolute atomic E-state index is 11.6. The first kappa shape index (κ1) is 20.2. The monoisotopic (exact) mass is 418 g/mol. The van der Waals surface area contributed by atoms with Crippen molar-refractivity contribution < 1.29 is 19.2 Å². The third kappa shape index (κ3) is 5.74. The van der Waals surface area contributed by atoms with Crippen LogP contribution in [-0.4, -0.2) is 35.3 Å². The van der Waals surface area contributed by atoms with Crippen LogP contribution in [0.5, 0.6) is 5.75 Å². The van der Waals surface area contributed by atoms with Crippen LogP contribution >= 0.6 is 23.4 Å². The van der Waals surface area contributed by atoms with E-state index in [2.05, 4.69) is 10.5 Å². The molecule has 1 saturated heterocycles. The number of amides is 2. The third-order valence-corrected chi connectivity index (χ3v) is 5.22. The topological polar surface area (TPSA) is 77.0 Å². The number of nitrogens with one attached hydrogen (secondary N) is 1. The fraction of sp³-hybridized carbons (Fsp3) is 0.250. The summed E-state index contributed by atoms with van der Waals surface area (Å²) >= 11 is 6.99.